The molecule has 1 saturated heterocycles. The highest BCUT2D eigenvalue weighted by Crippen LogP contribution is 2.42. The minimum absolute atomic E-state index is 0.0785. The van der Waals surface area contributed by atoms with E-state index in [1.165, 1.54) is 0 Å². The second kappa shape index (κ2) is 9.98. The van der Waals surface area contributed by atoms with Crippen molar-refractivity contribution in [3.63, 3.8) is 0 Å². The van der Waals surface area contributed by atoms with E-state index in [1.54, 1.807) is 14.0 Å². The van der Waals surface area contributed by atoms with Gasteiger partial charge in [0.2, 0.25) is 0 Å². The highest BCUT2D eigenvalue weighted by molar-refractivity contribution is 6.13. The molecular weight excluding hydrogens is 484 g/mol. The molecule has 0 saturated carbocycles. The Morgan fingerprint density at radius 3 is 2.66 bits per heavy atom. The van der Waals surface area contributed by atoms with Gasteiger partial charge in [0.1, 0.15) is 22.9 Å². The fourth-order valence-electron chi connectivity index (χ4n) is 5.66. The Morgan fingerprint density at radius 2 is 1.84 bits per heavy atom. The molecule has 6 rings (SSSR count). The van der Waals surface area contributed by atoms with Gasteiger partial charge in [-0.2, -0.15) is 15.4 Å². The minimum Gasteiger partial charge on any atom is -0.496 e. The first kappa shape index (κ1) is 24.2. The molecule has 1 aliphatic heterocycles. The van der Waals surface area contributed by atoms with Crippen molar-refractivity contribution in [2.75, 3.05) is 20.3 Å². The number of Topliss-reactive ketones (excluding diaryl/α,β-unsaturated/α-hetero) is 1. The summed E-state index contributed by atoms with van der Waals surface area (Å²) < 4.78 is 16.9. The van der Waals surface area contributed by atoms with Gasteiger partial charge in [-0.3, -0.25) is 9.78 Å². The van der Waals surface area contributed by atoms with Gasteiger partial charge in [-0.15, -0.1) is 0 Å². The van der Waals surface area contributed by atoms with Gasteiger partial charge < -0.3 is 14.2 Å². The molecule has 0 spiro atoms. The van der Waals surface area contributed by atoms with Gasteiger partial charge in [0.25, 0.3) is 0 Å². The molecule has 2 aromatic carbocycles. The van der Waals surface area contributed by atoms with Crippen LogP contribution in [0, 0.1) is 6.92 Å². The van der Waals surface area contributed by atoms with Crippen molar-refractivity contribution in [2.45, 2.75) is 44.6 Å². The highest BCUT2D eigenvalue weighted by atomic mass is 16.6. The number of nitrogens with one attached hydrogen (secondary N) is 1. The summed E-state index contributed by atoms with van der Waals surface area (Å²) in [5.74, 6) is 0.0913. The Labute approximate surface area is 219 Å². The molecule has 3 heterocycles. The molecule has 1 aliphatic carbocycles. The number of methoxy groups -OCH3 is 1. The number of hydrogen-bond donors (Lipinski definition) is 1. The van der Waals surface area contributed by atoms with Crippen molar-refractivity contribution in [2.24, 2.45) is 0 Å². The third kappa shape index (κ3) is 4.22. The fraction of sp³-hybridized carbons (Fsp3) is 0.345. The quantitative estimate of drug-likeness (QED) is 0.386. The molecule has 1 fully saturated rings. The average molecular weight is 513 g/mol. The van der Waals surface area contributed by atoms with E-state index in [9.17, 15) is 9.59 Å². The standard InChI is InChI=1S/C29H28N4O5/c1-16-25(29(35)38-18-10-12-37-13-11-18)26(20-7-5-8-21-28(20)32-33-31-21)27-22(30-16)14-17(15-23(27)34)19-6-3-4-9-24(19)36-2/h3-9,17-18H,10-15H2,1-2H3,(H,31,32,33). The number of rotatable bonds is 5. The van der Waals surface area contributed by atoms with Crippen molar-refractivity contribution >= 4 is 22.8 Å². The lowest BCUT2D eigenvalue weighted by molar-refractivity contribution is -0.0159. The lowest BCUT2D eigenvalue weighted by atomic mass is 9.77. The van der Waals surface area contributed by atoms with E-state index in [2.05, 4.69) is 15.4 Å². The van der Waals surface area contributed by atoms with Crippen molar-refractivity contribution < 1.29 is 23.8 Å². The lowest BCUT2D eigenvalue weighted by Gasteiger charge is -2.28. The number of ketones is 1. The van der Waals surface area contributed by atoms with Gasteiger partial charge in [-0.1, -0.05) is 30.3 Å². The summed E-state index contributed by atoms with van der Waals surface area (Å²) in [7, 11) is 1.63. The number of para-hydroxylation sites is 2. The van der Waals surface area contributed by atoms with Crippen LogP contribution in [0.2, 0.25) is 0 Å². The van der Waals surface area contributed by atoms with Crippen LogP contribution in [-0.4, -0.2) is 58.6 Å². The maximum absolute atomic E-state index is 13.9. The number of aromatic amines is 1. The zero-order chi connectivity index (χ0) is 26.2. The van der Waals surface area contributed by atoms with Gasteiger partial charge >= 0.3 is 5.97 Å². The first-order valence-electron chi connectivity index (χ1n) is 12.8. The lowest BCUT2D eigenvalue weighted by Crippen LogP contribution is -2.28. The number of esters is 1. The summed E-state index contributed by atoms with van der Waals surface area (Å²) in [6, 6.07) is 13.3. The average Bonchev–Trinajstić information content (AvgIpc) is 3.42. The number of nitrogens with zero attached hydrogens (tertiary/aromatic N) is 3. The molecule has 4 aromatic rings. The van der Waals surface area contributed by atoms with Crippen molar-refractivity contribution in [1.82, 2.24) is 20.4 Å². The molecule has 0 radical (unpaired) electrons. The van der Waals surface area contributed by atoms with Crippen LogP contribution in [0.5, 0.6) is 5.75 Å². The molecule has 1 atom stereocenters. The molecule has 9 heteroatoms. The number of aryl methyl sites for hydroxylation is 1. The third-order valence-corrected chi connectivity index (χ3v) is 7.44. The molecular formula is C29H28N4O5. The summed E-state index contributed by atoms with van der Waals surface area (Å²) in [6.45, 7) is 2.89. The van der Waals surface area contributed by atoms with Gasteiger partial charge in [0.15, 0.2) is 5.78 Å². The van der Waals surface area contributed by atoms with E-state index in [0.29, 0.717) is 77.2 Å². The van der Waals surface area contributed by atoms with Crippen LogP contribution < -0.4 is 4.74 Å². The largest absolute Gasteiger partial charge is 0.496 e. The molecule has 0 bridgehead atoms. The SMILES string of the molecule is COc1ccccc1C1CC(=O)c2c(nc(C)c(C(=O)OC3CCOCC3)c2-c2cccc3n[nH]nc23)C1. The number of aromatic nitrogens is 4. The normalized spacial score (nSPS) is 17.8. The number of H-pyrrole nitrogens is 1. The zero-order valence-corrected chi connectivity index (χ0v) is 21.3. The van der Waals surface area contributed by atoms with E-state index in [1.807, 2.05) is 42.5 Å². The maximum Gasteiger partial charge on any atom is 0.340 e. The number of hydrogen-bond acceptors (Lipinski definition) is 8. The monoisotopic (exact) mass is 512 g/mol. The minimum atomic E-state index is -0.486. The Bertz CT molecular complexity index is 1540. The summed E-state index contributed by atoms with van der Waals surface area (Å²) in [5, 5.41) is 11.2. The highest BCUT2D eigenvalue weighted by Gasteiger charge is 2.36. The second-order valence-corrected chi connectivity index (χ2v) is 9.75. The van der Waals surface area contributed by atoms with Gasteiger partial charge in [0.05, 0.1) is 37.3 Å². The number of fused-ring (bicyclic) bond motifs is 2. The van der Waals surface area contributed by atoms with Crippen LogP contribution in [0.15, 0.2) is 42.5 Å². The molecule has 1 N–H and O–H groups in total. The van der Waals surface area contributed by atoms with E-state index >= 15 is 0 Å². The van der Waals surface area contributed by atoms with Crippen molar-refractivity contribution in [3.8, 4) is 16.9 Å². The summed E-state index contributed by atoms with van der Waals surface area (Å²) in [4.78, 5) is 32.4. The molecule has 38 heavy (non-hydrogen) atoms. The predicted octanol–water partition coefficient (Wildman–Crippen LogP) is 4.59. The summed E-state index contributed by atoms with van der Waals surface area (Å²) in [5.41, 5.74) is 5.30. The predicted molar refractivity (Wildman–Crippen MR) is 139 cm³/mol. The van der Waals surface area contributed by atoms with E-state index < -0.39 is 5.97 Å². The maximum atomic E-state index is 13.9. The van der Waals surface area contributed by atoms with Crippen LogP contribution >= 0.6 is 0 Å². The molecule has 194 valence electrons. The van der Waals surface area contributed by atoms with E-state index in [0.717, 1.165) is 11.3 Å². The number of pyridine rings is 1. The Kier molecular flexibility index (Phi) is 6.37. The Balaban J connectivity index is 1.52. The topological polar surface area (TPSA) is 116 Å². The third-order valence-electron chi connectivity index (χ3n) is 7.44. The summed E-state index contributed by atoms with van der Waals surface area (Å²) >= 11 is 0. The number of carbonyl (C=O) groups is 2. The van der Waals surface area contributed by atoms with Crippen LogP contribution in [0.3, 0.4) is 0 Å². The molecule has 2 aromatic heterocycles. The summed E-state index contributed by atoms with van der Waals surface area (Å²) in [6.07, 6.45) is 1.84. The first-order valence-corrected chi connectivity index (χ1v) is 12.8. The van der Waals surface area contributed by atoms with E-state index in [-0.39, 0.29) is 24.2 Å². The number of ether oxygens (including phenoxy) is 3. The second-order valence-electron chi connectivity index (χ2n) is 9.75. The molecule has 9 nitrogen and oxygen atoms in total. The van der Waals surface area contributed by atoms with Crippen molar-refractivity contribution in [1.29, 1.82) is 0 Å². The van der Waals surface area contributed by atoms with Gasteiger partial charge in [0, 0.05) is 41.9 Å². The molecule has 1 unspecified atom stereocenters. The van der Waals surface area contributed by atoms with Crippen LogP contribution in [0.1, 0.15) is 62.8 Å². The molecule has 0 amide bonds. The Morgan fingerprint density at radius 1 is 1.03 bits per heavy atom. The van der Waals surface area contributed by atoms with Gasteiger partial charge in [-0.05, 0) is 31.0 Å². The van der Waals surface area contributed by atoms with Crippen LogP contribution in [0.4, 0.5) is 0 Å². The van der Waals surface area contributed by atoms with E-state index in [4.69, 9.17) is 19.2 Å². The van der Waals surface area contributed by atoms with Crippen LogP contribution in [-0.2, 0) is 15.9 Å². The smallest absolute Gasteiger partial charge is 0.340 e. The fourth-order valence-corrected chi connectivity index (χ4v) is 5.66. The van der Waals surface area contributed by atoms with Crippen LogP contribution in [0.25, 0.3) is 22.2 Å². The zero-order valence-electron chi connectivity index (χ0n) is 21.3. The van der Waals surface area contributed by atoms with Gasteiger partial charge in [-0.25, -0.2) is 4.79 Å². The number of benzene rings is 2. The Hall–Kier alpha value is -4.11. The molecule has 2 aliphatic rings. The first-order chi connectivity index (χ1) is 18.5. The van der Waals surface area contributed by atoms with Crippen molar-refractivity contribution in [3.05, 3.63) is 70.5 Å². The number of carbonyl (C=O) groups excluding carboxylic acids is 2.